The van der Waals surface area contributed by atoms with Gasteiger partial charge < -0.3 is 14.9 Å². The number of nitrogens with one attached hydrogen (secondary N) is 1. The standard InChI is InChI=1S/C22H27NO5/c1-15(2)12-19(21(24)25)23-20(22(26)27)13-16-8-10-18(11-9-16)28-14-17-6-4-3-5-7-17/h3-11,15,19-20,23H,12-14H2,1-2H3,(H,24,25)(H,26,27)/t19-,20?/m0/s1. The number of carboxylic acids is 2. The van der Waals surface area contributed by atoms with Crippen LogP contribution >= 0.6 is 0 Å². The summed E-state index contributed by atoms with van der Waals surface area (Å²) in [6, 6.07) is 15.1. The highest BCUT2D eigenvalue weighted by Gasteiger charge is 2.26. The summed E-state index contributed by atoms with van der Waals surface area (Å²) < 4.78 is 5.73. The monoisotopic (exact) mass is 385 g/mol. The van der Waals surface area contributed by atoms with Gasteiger partial charge in [0.25, 0.3) is 0 Å². The summed E-state index contributed by atoms with van der Waals surface area (Å²) in [7, 11) is 0. The molecule has 2 aromatic carbocycles. The van der Waals surface area contributed by atoms with E-state index < -0.39 is 24.0 Å². The molecule has 0 aliphatic heterocycles. The highest BCUT2D eigenvalue weighted by molar-refractivity contribution is 5.77. The lowest BCUT2D eigenvalue weighted by Gasteiger charge is -2.22. The number of carbonyl (C=O) groups is 2. The first-order valence-corrected chi connectivity index (χ1v) is 9.32. The molecule has 6 nitrogen and oxygen atoms in total. The van der Waals surface area contributed by atoms with Crippen LogP contribution in [0, 0.1) is 5.92 Å². The van der Waals surface area contributed by atoms with Crippen LogP contribution in [0.25, 0.3) is 0 Å². The first-order valence-electron chi connectivity index (χ1n) is 9.32. The van der Waals surface area contributed by atoms with Gasteiger partial charge in [-0.2, -0.15) is 0 Å². The fourth-order valence-electron chi connectivity index (χ4n) is 2.87. The smallest absolute Gasteiger partial charge is 0.321 e. The topological polar surface area (TPSA) is 95.9 Å². The van der Waals surface area contributed by atoms with Crippen LogP contribution in [0.3, 0.4) is 0 Å². The Kier molecular flexibility index (Phi) is 8.02. The first kappa shape index (κ1) is 21.4. The lowest BCUT2D eigenvalue weighted by atomic mass is 10.0. The van der Waals surface area contributed by atoms with Crippen LogP contribution in [-0.2, 0) is 22.6 Å². The Morgan fingerprint density at radius 3 is 2.04 bits per heavy atom. The van der Waals surface area contributed by atoms with Gasteiger partial charge in [-0.15, -0.1) is 0 Å². The number of carboxylic acid groups (broad SMARTS) is 2. The minimum atomic E-state index is -1.07. The Bertz CT molecular complexity index is 758. The fourth-order valence-corrected chi connectivity index (χ4v) is 2.87. The second kappa shape index (κ2) is 10.5. The molecule has 150 valence electrons. The molecule has 0 aliphatic carbocycles. The van der Waals surface area contributed by atoms with Crippen molar-refractivity contribution < 1.29 is 24.5 Å². The predicted octanol–water partition coefficient (Wildman–Crippen LogP) is 3.35. The van der Waals surface area contributed by atoms with E-state index in [4.69, 9.17) is 4.74 Å². The highest BCUT2D eigenvalue weighted by Crippen LogP contribution is 2.16. The van der Waals surface area contributed by atoms with E-state index in [9.17, 15) is 19.8 Å². The molecule has 1 unspecified atom stereocenters. The summed E-state index contributed by atoms with van der Waals surface area (Å²) in [5.74, 6) is -1.27. The Hall–Kier alpha value is -2.86. The number of rotatable bonds is 11. The average Bonchev–Trinajstić information content (AvgIpc) is 2.66. The van der Waals surface area contributed by atoms with Crippen molar-refractivity contribution in [2.45, 2.75) is 45.4 Å². The van der Waals surface area contributed by atoms with Gasteiger partial charge in [0, 0.05) is 0 Å². The summed E-state index contributed by atoms with van der Waals surface area (Å²) in [5.41, 5.74) is 1.85. The maximum Gasteiger partial charge on any atom is 0.321 e. The Balaban J connectivity index is 1.97. The van der Waals surface area contributed by atoms with Crippen molar-refractivity contribution in [1.82, 2.24) is 5.32 Å². The van der Waals surface area contributed by atoms with E-state index in [-0.39, 0.29) is 12.3 Å². The van der Waals surface area contributed by atoms with Crippen molar-refractivity contribution in [1.29, 1.82) is 0 Å². The summed E-state index contributed by atoms with van der Waals surface area (Å²) in [4.78, 5) is 23.0. The third-order valence-corrected chi connectivity index (χ3v) is 4.32. The second-order valence-corrected chi connectivity index (χ2v) is 7.20. The minimum Gasteiger partial charge on any atom is -0.489 e. The van der Waals surface area contributed by atoms with Crippen LogP contribution in [-0.4, -0.2) is 34.2 Å². The van der Waals surface area contributed by atoms with Crippen molar-refractivity contribution in [3.05, 3.63) is 65.7 Å². The first-order chi connectivity index (χ1) is 13.3. The van der Waals surface area contributed by atoms with Crippen LogP contribution < -0.4 is 10.1 Å². The van der Waals surface area contributed by atoms with Crippen LogP contribution in [0.1, 0.15) is 31.4 Å². The normalized spacial score (nSPS) is 13.1. The van der Waals surface area contributed by atoms with Gasteiger partial charge in [0.1, 0.15) is 24.4 Å². The molecule has 6 heteroatoms. The van der Waals surface area contributed by atoms with E-state index >= 15 is 0 Å². The predicted molar refractivity (Wildman–Crippen MR) is 106 cm³/mol. The van der Waals surface area contributed by atoms with Crippen LogP contribution in [0.2, 0.25) is 0 Å². The second-order valence-electron chi connectivity index (χ2n) is 7.20. The van der Waals surface area contributed by atoms with E-state index in [1.54, 1.807) is 24.3 Å². The largest absolute Gasteiger partial charge is 0.489 e. The molecule has 0 heterocycles. The third kappa shape index (κ3) is 7.04. The van der Waals surface area contributed by atoms with E-state index in [0.717, 1.165) is 11.1 Å². The summed E-state index contributed by atoms with van der Waals surface area (Å²) >= 11 is 0. The van der Waals surface area contributed by atoms with Crippen molar-refractivity contribution in [3.63, 3.8) is 0 Å². The number of benzene rings is 2. The molecule has 0 saturated carbocycles. The molecule has 0 bridgehead atoms. The molecular formula is C22H27NO5. The number of aliphatic carboxylic acids is 2. The maximum absolute atomic E-state index is 11.6. The van der Waals surface area contributed by atoms with Gasteiger partial charge in [-0.05, 0) is 42.0 Å². The van der Waals surface area contributed by atoms with Gasteiger partial charge >= 0.3 is 11.9 Å². The van der Waals surface area contributed by atoms with Gasteiger partial charge in [0.15, 0.2) is 0 Å². The van der Waals surface area contributed by atoms with Crippen LogP contribution in [0.15, 0.2) is 54.6 Å². The lowest BCUT2D eigenvalue weighted by molar-refractivity contribution is -0.142. The molecular weight excluding hydrogens is 358 g/mol. The van der Waals surface area contributed by atoms with Crippen molar-refractivity contribution >= 4 is 11.9 Å². The molecule has 28 heavy (non-hydrogen) atoms. The molecule has 0 saturated heterocycles. The SMILES string of the molecule is CC(C)C[C@H](NC(Cc1ccc(OCc2ccccc2)cc1)C(=O)O)C(=O)O. The van der Waals surface area contributed by atoms with Gasteiger partial charge in [-0.3, -0.25) is 14.9 Å². The van der Waals surface area contributed by atoms with Crippen LogP contribution in [0.4, 0.5) is 0 Å². The Morgan fingerprint density at radius 1 is 0.893 bits per heavy atom. The fraction of sp³-hybridized carbons (Fsp3) is 0.364. The van der Waals surface area contributed by atoms with Crippen molar-refractivity contribution in [2.24, 2.45) is 5.92 Å². The number of hydrogen-bond acceptors (Lipinski definition) is 4. The highest BCUT2D eigenvalue weighted by atomic mass is 16.5. The molecule has 0 aliphatic rings. The van der Waals surface area contributed by atoms with E-state index in [0.29, 0.717) is 18.8 Å². The molecule has 0 aromatic heterocycles. The zero-order valence-electron chi connectivity index (χ0n) is 16.2. The van der Waals surface area contributed by atoms with Gasteiger partial charge in [0.2, 0.25) is 0 Å². The molecule has 0 fully saturated rings. The van der Waals surface area contributed by atoms with Crippen molar-refractivity contribution in [2.75, 3.05) is 0 Å². The summed E-state index contributed by atoms with van der Waals surface area (Å²) in [6.07, 6.45) is 0.557. The lowest BCUT2D eigenvalue weighted by Crippen LogP contribution is -2.48. The molecule has 0 amide bonds. The minimum absolute atomic E-state index is 0.143. The molecule has 2 rings (SSSR count). The maximum atomic E-state index is 11.6. The van der Waals surface area contributed by atoms with E-state index in [1.165, 1.54) is 0 Å². The Morgan fingerprint density at radius 2 is 1.50 bits per heavy atom. The zero-order valence-corrected chi connectivity index (χ0v) is 16.2. The molecule has 0 spiro atoms. The van der Waals surface area contributed by atoms with Crippen molar-refractivity contribution in [3.8, 4) is 5.75 Å². The van der Waals surface area contributed by atoms with E-state index in [2.05, 4.69) is 5.32 Å². The molecule has 3 N–H and O–H groups in total. The quantitative estimate of drug-likeness (QED) is 0.549. The third-order valence-electron chi connectivity index (χ3n) is 4.32. The number of ether oxygens (including phenoxy) is 1. The summed E-state index contributed by atoms with van der Waals surface area (Å²) in [6.45, 7) is 4.26. The zero-order chi connectivity index (χ0) is 20.5. The van der Waals surface area contributed by atoms with Gasteiger partial charge in [-0.25, -0.2) is 0 Å². The van der Waals surface area contributed by atoms with Gasteiger partial charge in [-0.1, -0.05) is 56.3 Å². The summed E-state index contributed by atoms with van der Waals surface area (Å²) in [5, 5.41) is 21.6. The van der Waals surface area contributed by atoms with Crippen LogP contribution in [0.5, 0.6) is 5.75 Å². The average molecular weight is 385 g/mol. The molecule has 2 aromatic rings. The molecule has 0 radical (unpaired) electrons. The molecule has 2 atom stereocenters. The Labute approximate surface area is 165 Å². The number of hydrogen-bond donors (Lipinski definition) is 3. The van der Waals surface area contributed by atoms with E-state index in [1.807, 2.05) is 44.2 Å². The van der Waals surface area contributed by atoms with Gasteiger partial charge in [0.05, 0.1) is 0 Å².